The van der Waals surface area contributed by atoms with Crippen molar-refractivity contribution in [1.29, 1.82) is 0 Å². The summed E-state index contributed by atoms with van der Waals surface area (Å²) in [6, 6.07) is 23.0. The van der Waals surface area contributed by atoms with Gasteiger partial charge in [0.1, 0.15) is 12.4 Å². The molecule has 212 valence electrons. The van der Waals surface area contributed by atoms with Crippen LogP contribution < -0.4 is 14.5 Å². The van der Waals surface area contributed by atoms with E-state index in [1.807, 2.05) is 66.7 Å². The van der Waals surface area contributed by atoms with Crippen molar-refractivity contribution in [3.8, 4) is 5.75 Å². The molecule has 3 fully saturated rings. The largest absolute Gasteiger partial charge is 0.489 e. The Labute approximate surface area is 263 Å². The molecule has 3 aromatic carbocycles. The summed E-state index contributed by atoms with van der Waals surface area (Å²) in [5.74, 6) is -0.0512. The number of hydrogen-bond acceptors (Lipinski definition) is 6. The molecule has 2 bridgehead atoms. The lowest BCUT2D eigenvalue weighted by Crippen LogP contribution is -2.42. The number of fused-ring (bicyclic) bond motifs is 9. The van der Waals surface area contributed by atoms with Gasteiger partial charge in [-0.3, -0.25) is 19.3 Å². The zero-order valence-electron chi connectivity index (χ0n) is 22.0. The second kappa shape index (κ2) is 10.1. The number of H-pyrrole nitrogens is 1. The van der Waals surface area contributed by atoms with Crippen LogP contribution in [0.1, 0.15) is 28.3 Å². The van der Waals surface area contributed by atoms with Gasteiger partial charge >= 0.3 is 4.87 Å². The molecule has 0 unspecified atom stereocenters. The van der Waals surface area contributed by atoms with Gasteiger partial charge in [0.2, 0.25) is 11.8 Å². The molecule has 2 aliphatic heterocycles. The highest BCUT2D eigenvalue weighted by molar-refractivity contribution is 9.10. The van der Waals surface area contributed by atoms with Crippen LogP contribution in [0.3, 0.4) is 0 Å². The van der Waals surface area contributed by atoms with Gasteiger partial charge in [0.15, 0.2) is 0 Å². The maximum atomic E-state index is 14.0. The van der Waals surface area contributed by atoms with Gasteiger partial charge in [-0.25, -0.2) is 0 Å². The quantitative estimate of drug-likeness (QED) is 0.228. The number of para-hydroxylation sites is 1. The first-order valence-electron chi connectivity index (χ1n) is 13.9. The standard InChI is InChI=1S/C32H24BrClN2O4S2/c33-16-8-10-18(11-9-16)36-30(37)25-20-13-21(26(25)31(36)38)27-24(20)23(28-29(41-27)35-32(39)42-28)19-6-1-2-7-22(19)40-14-15-4-3-5-17(34)12-15/h1-12,20-21,23-27H,13-14H2,(H,35,39)/t20-,21-,23+,24+,25+,26+,27-/m1/s1. The highest BCUT2D eigenvalue weighted by Gasteiger charge is 2.69. The molecule has 8 rings (SSSR count). The van der Waals surface area contributed by atoms with Gasteiger partial charge in [0.25, 0.3) is 0 Å². The summed E-state index contributed by atoms with van der Waals surface area (Å²) in [5, 5.41) is 1.65. The molecular weight excluding hydrogens is 656 g/mol. The number of nitrogens with zero attached hydrogens (tertiary/aromatic N) is 1. The number of carbonyl (C=O) groups is 2. The predicted molar refractivity (Wildman–Crippen MR) is 167 cm³/mol. The Morgan fingerprint density at radius 1 is 0.952 bits per heavy atom. The molecule has 3 heterocycles. The van der Waals surface area contributed by atoms with Gasteiger partial charge in [0.05, 0.1) is 22.5 Å². The topological polar surface area (TPSA) is 79.5 Å². The molecule has 2 amide bonds. The third-order valence-corrected chi connectivity index (χ3v) is 12.7. The van der Waals surface area contributed by atoms with Crippen molar-refractivity contribution in [1.82, 2.24) is 4.98 Å². The predicted octanol–water partition coefficient (Wildman–Crippen LogP) is 7.11. The molecule has 2 aliphatic carbocycles. The number of anilines is 1. The monoisotopic (exact) mass is 678 g/mol. The molecular formula is C32H24BrClN2O4S2. The number of thiazole rings is 1. The Morgan fingerprint density at radius 3 is 2.50 bits per heavy atom. The van der Waals surface area contributed by atoms with Crippen LogP contribution in [0.5, 0.6) is 5.75 Å². The third kappa shape index (κ3) is 4.08. The van der Waals surface area contributed by atoms with Gasteiger partial charge in [0, 0.05) is 31.1 Å². The number of imide groups is 1. The second-order valence-electron chi connectivity index (χ2n) is 11.4. The maximum absolute atomic E-state index is 14.0. The summed E-state index contributed by atoms with van der Waals surface area (Å²) in [4.78, 5) is 45.9. The van der Waals surface area contributed by atoms with Gasteiger partial charge in [-0.1, -0.05) is 69.2 Å². The average molecular weight is 680 g/mol. The van der Waals surface area contributed by atoms with Gasteiger partial charge in [-0.15, -0.1) is 11.8 Å². The molecule has 1 N–H and O–H groups in total. The molecule has 1 saturated heterocycles. The minimum Gasteiger partial charge on any atom is -0.489 e. The first-order valence-corrected chi connectivity index (χ1v) is 16.7. The van der Waals surface area contributed by atoms with E-state index in [1.165, 1.54) is 16.2 Å². The van der Waals surface area contributed by atoms with E-state index in [0.717, 1.165) is 37.7 Å². The minimum atomic E-state index is -0.354. The van der Waals surface area contributed by atoms with Crippen LogP contribution >= 0.6 is 50.6 Å². The van der Waals surface area contributed by atoms with E-state index >= 15 is 0 Å². The SMILES string of the molecule is O=C1[C@H]2[C@H]3C[C@@H]([C@@H]2C(=O)N1c1ccc(Br)cc1)[C@H]1[C@H](c2ccccc2OCc2cccc(Cl)c2)c2sc(=O)[nH]c2S[C@H]31. The zero-order chi connectivity index (χ0) is 28.7. The van der Waals surface area contributed by atoms with Crippen LogP contribution in [0.2, 0.25) is 5.02 Å². The number of aromatic nitrogens is 1. The summed E-state index contributed by atoms with van der Waals surface area (Å²) < 4.78 is 7.30. The van der Waals surface area contributed by atoms with Crippen molar-refractivity contribution in [3.63, 3.8) is 0 Å². The normalized spacial score (nSPS) is 29.0. The van der Waals surface area contributed by atoms with Crippen molar-refractivity contribution in [3.05, 3.63) is 108 Å². The Hall–Kier alpha value is -2.85. The zero-order valence-corrected chi connectivity index (χ0v) is 26.0. The van der Waals surface area contributed by atoms with Crippen LogP contribution in [0.4, 0.5) is 5.69 Å². The van der Waals surface area contributed by atoms with E-state index in [1.54, 1.807) is 11.8 Å². The van der Waals surface area contributed by atoms with E-state index in [2.05, 4.69) is 27.0 Å². The summed E-state index contributed by atoms with van der Waals surface area (Å²) in [5.41, 5.74) is 2.60. The van der Waals surface area contributed by atoms with Crippen molar-refractivity contribution in [2.75, 3.05) is 4.90 Å². The smallest absolute Gasteiger partial charge is 0.305 e. The van der Waals surface area contributed by atoms with Crippen LogP contribution in [0.25, 0.3) is 0 Å². The Balaban J connectivity index is 1.18. The summed E-state index contributed by atoms with van der Waals surface area (Å²) in [6.07, 6.45) is 0.838. The summed E-state index contributed by atoms with van der Waals surface area (Å²) in [7, 11) is 0. The number of halogens is 2. The molecule has 42 heavy (non-hydrogen) atoms. The molecule has 4 aromatic rings. The van der Waals surface area contributed by atoms with Crippen LogP contribution in [0.15, 0.2) is 87.1 Å². The molecule has 6 nitrogen and oxygen atoms in total. The highest BCUT2D eigenvalue weighted by atomic mass is 79.9. The third-order valence-electron chi connectivity index (χ3n) is 9.35. The van der Waals surface area contributed by atoms with Crippen molar-refractivity contribution in [2.24, 2.45) is 29.6 Å². The fraction of sp³-hybridized carbons (Fsp3) is 0.281. The average Bonchev–Trinajstić information content (AvgIpc) is 3.72. The Morgan fingerprint density at radius 2 is 1.71 bits per heavy atom. The molecule has 0 radical (unpaired) electrons. The van der Waals surface area contributed by atoms with Crippen molar-refractivity contribution < 1.29 is 14.3 Å². The molecule has 4 aliphatic rings. The number of ether oxygens (including phenoxy) is 1. The van der Waals surface area contributed by atoms with E-state index in [0.29, 0.717) is 17.3 Å². The van der Waals surface area contributed by atoms with Crippen molar-refractivity contribution in [2.45, 2.75) is 29.2 Å². The number of aromatic amines is 1. The first-order chi connectivity index (χ1) is 20.4. The Kier molecular flexibility index (Phi) is 6.44. The minimum absolute atomic E-state index is 0.0331. The highest BCUT2D eigenvalue weighted by Crippen LogP contribution is 2.69. The fourth-order valence-electron chi connectivity index (χ4n) is 7.87. The lowest BCUT2D eigenvalue weighted by Gasteiger charge is -2.43. The van der Waals surface area contributed by atoms with Crippen LogP contribution in [-0.4, -0.2) is 22.0 Å². The van der Waals surface area contributed by atoms with Crippen LogP contribution in [-0.2, 0) is 16.2 Å². The van der Waals surface area contributed by atoms with Crippen molar-refractivity contribution >= 4 is 68.1 Å². The number of amides is 2. The molecule has 1 aromatic heterocycles. The number of nitrogens with one attached hydrogen (secondary N) is 1. The number of carbonyl (C=O) groups excluding carboxylic acids is 2. The van der Waals surface area contributed by atoms with Gasteiger partial charge < -0.3 is 9.72 Å². The van der Waals surface area contributed by atoms with Gasteiger partial charge in [-0.2, -0.15) is 0 Å². The Bertz CT molecular complexity index is 1810. The lowest BCUT2D eigenvalue weighted by atomic mass is 9.68. The lowest BCUT2D eigenvalue weighted by molar-refractivity contribution is -0.123. The summed E-state index contributed by atoms with van der Waals surface area (Å²) >= 11 is 12.6. The molecule has 10 heteroatoms. The maximum Gasteiger partial charge on any atom is 0.305 e. The molecule has 7 atom stereocenters. The van der Waals surface area contributed by atoms with E-state index in [9.17, 15) is 14.4 Å². The molecule has 0 spiro atoms. The number of hydrogen-bond donors (Lipinski definition) is 1. The second-order valence-corrected chi connectivity index (χ2v) is 15.0. The van der Waals surface area contributed by atoms with E-state index in [4.69, 9.17) is 16.3 Å². The van der Waals surface area contributed by atoms with E-state index < -0.39 is 0 Å². The van der Waals surface area contributed by atoms with Crippen LogP contribution in [0, 0.1) is 29.6 Å². The fourth-order valence-corrected chi connectivity index (χ4v) is 11.2. The van der Waals surface area contributed by atoms with Gasteiger partial charge in [-0.05, 0) is 72.2 Å². The number of benzene rings is 3. The number of rotatable bonds is 5. The summed E-state index contributed by atoms with van der Waals surface area (Å²) in [6.45, 7) is 0.356. The number of thioether (sulfide) groups is 1. The van der Waals surface area contributed by atoms with E-state index in [-0.39, 0.29) is 57.4 Å². The molecule has 2 saturated carbocycles. The first kappa shape index (κ1) is 26.8.